The Kier molecular flexibility index (Phi) is 11.4. The number of hydrogen-bond acceptors (Lipinski definition) is 3. The predicted octanol–water partition coefficient (Wildman–Crippen LogP) is 3.63. The van der Waals surface area contributed by atoms with E-state index in [4.69, 9.17) is 4.99 Å². The molecule has 33 heavy (non-hydrogen) atoms. The Bertz CT molecular complexity index is 788. The number of nitrogens with one attached hydrogen (secondary N) is 2. The summed E-state index contributed by atoms with van der Waals surface area (Å²) in [7, 11) is 0. The minimum absolute atomic E-state index is 0. The molecule has 8 heteroatoms. The van der Waals surface area contributed by atoms with Gasteiger partial charge in [-0.15, -0.1) is 24.0 Å². The van der Waals surface area contributed by atoms with Crippen molar-refractivity contribution in [2.75, 3.05) is 32.7 Å². The molecule has 3 rings (SSSR count). The third-order valence-electron chi connectivity index (χ3n) is 6.56. The Labute approximate surface area is 215 Å². The van der Waals surface area contributed by atoms with E-state index in [1.54, 1.807) is 0 Å². The Balaban J connectivity index is 0.00000385. The molecule has 1 aliphatic carbocycles. The zero-order valence-corrected chi connectivity index (χ0v) is 22.6. The van der Waals surface area contributed by atoms with Crippen LogP contribution in [0.1, 0.15) is 68.8 Å². The van der Waals surface area contributed by atoms with Crippen LogP contribution in [0.2, 0.25) is 0 Å². The van der Waals surface area contributed by atoms with E-state index in [2.05, 4.69) is 17.6 Å². The van der Waals surface area contributed by atoms with Gasteiger partial charge in [-0.05, 0) is 57.7 Å². The van der Waals surface area contributed by atoms with Gasteiger partial charge in [-0.1, -0.05) is 25.0 Å². The first-order valence-corrected chi connectivity index (χ1v) is 12.3. The number of benzene rings is 1. The van der Waals surface area contributed by atoms with Crippen molar-refractivity contribution < 1.29 is 9.59 Å². The summed E-state index contributed by atoms with van der Waals surface area (Å²) in [6.07, 6.45) is 5.43. The quantitative estimate of drug-likeness (QED) is 0.285. The standard InChI is InChI=1S/C25H39N5O2.HI/c1-4-26-25(28-22-15-16-30(18-22)24(32)20-9-7-8-10-20)27-17-19-11-13-21(14-12-19)23(31)29(5-2)6-3;/h11-14,20,22H,4-10,15-18H2,1-3H3,(H2,26,27,28);1H. The number of amides is 2. The van der Waals surface area contributed by atoms with Gasteiger partial charge in [-0.25, -0.2) is 4.99 Å². The molecule has 1 atom stereocenters. The molecule has 1 heterocycles. The van der Waals surface area contributed by atoms with Gasteiger partial charge in [0, 0.05) is 50.2 Å². The second-order valence-corrected chi connectivity index (χ2v) is 8.77. The van der Waals surface area contributed by atoms with E-state index in [9.17, 15) is 9.59 Å². The van der Waals surface area contributed by atoms with E-state index in [0.717, 1.165) is 50.4 Å². The van der Waals surface area contributed by atoms with Crippen molar-refractivity contribution in [2.24, 2.45) is 10.9 Å². The Morgan fingerprint density at radius 3 is 2.33 bits per heavy atom. The molecule has 2 aliphatic rings. The van der Waals surface area contributed by atoms with Crippen LogP contribution in [0.5, 0.6) is 0 Å². The largest absolute Gasteiger partial charge is 0.357 e. The second-order valence-electron chi connectivity index (χ2n) is 8.77. The summed E-state index contributed by atoms with van der Waals surface area (Å²) in [5.74, 6) is 1.43. The summed E-state index contributed by atoms with van der Waals surface area (Å²) >= 11 is 0. The Morgan fingerprint density at radius 2 is 1.73 bits per heavy atom. The normalized spacial score (nSPS) is 18.7. The van der Waals surface area contributed by atoms with Gasteiger partial charge in [0.2, 0.25) is 5.91 Å². The third-order valence-corrected chi connectivity index (χ3v) is 6.56. The van der Waals surface area contributed by atoms with E-state index in [-0.39, 0.29) is 41.8 Å². The molecule has 2 amide bonds. The van der Waals surface area contributed by atoms with Crippen molar-refractivity contribution in [3.8, 4) is 0 Å². The van der Waals surface area contributed by atoms with Crippen LogP contribution in [0.4, 0.5) is 0 Å². The lowest BCUT2D eigenvalue weighted by Gasteiger charge is -2.21. The van der Waals surface area contributed by atoms with Gasteiger partial charge in [0.1, 0.15) is 0 Å². The maximum atomic E-state index is 12.7. The van der Waals surface area contributed by atoms with E-state index in [1.165, 1.54) is 12.8 Å². The van der Waals surface area contributed by atoms with Gasteiger partial charge in [0.05, 0.1) is 6.54 Å². The van der Waals surface area contributed by atoms with Crippen molar-refractivity contribution in [3.63, 3.8) is 0 Å². The number of carbonyl (C=O) groups excluding carboxylic acids is 2. The summed E-state index contributed by atoms with van der Waals surface area (Å²) in [6, 6.07) is 7.94. The molecule has 1 saturated carbocycles. The van der Waals surface area contributed by atoms with E-state index >= 15 is 0 Å². The van der Waals surface area contributed by atoms with Gasteiger partial charge in [0.25, 0.3) is 5.91 Å². The smallest absolute Gasteiger partial charge is 0.253 e. The lowest BCUT2D eigenvalue weighted by atomic mass is 10.1. The van der Waals surface area contributed by atoms with Crippen molar-refractivity contribution in [1.82, 2.24) is 20.4 Å². The minimum atomic E-state index is 0. The van der Waals surface area contributed by atoms with E-state index in [1.807, 2.05) is 47.9 Å². The fraction of sp³-hybridized carbons (Fsp3) is 0.640. The van der Waals surface area contributed by atoms with E-state index in [0.29, 0.717) is 31.1 Å². The van der Waals surface area contributed by atoms with Crippen LogP contribution < -0.4 is 10.6 Å². The van der Waals surface area contributed by atoms with Crippen molar-refractivity contribution in [1.29, 1.82) is 0 Å². The molecule has 1 aromatic carbocycles. The monoisotopic (exact) mass is 569 g/mol. The maximum absolute atomic E-state index is 12.7. The molecule has 1 aromatic rings. The first-order valence-electron chi connectivity index (χ1n) is 12.3. The highest BCUT2D eigenvalue weighted by Gasteiger charge is 2.32. The molecule has 1 unspecified atom stereocenters. The van der Waals surface area contributed by atoms with Gasteiger partial charge >= 0.3 is 0 Å². The zero-order valence-electron chi connectivity index (χ0n) is 20.3. The number of likely N-dealkylation sites (tertiary alicyclic amines) is 1. The fourth-order valence-corrected chi connectivity index (χ4v) is 4.64. The summed E-state index contributed by atoms with van der Waals surface area (Å²) in [4.78, 5) is 33.8. The highest BCUT2D eigenvalue weighted by Crippen LogP contribution is 2.27. The van der Waals surface area contributed by atoms with Crippen LogP contribution in [0.3, 0.4) is 0 Å². The second kappa shape index (κ2) is 13.8. The number of carbonyl (C=O) groups is 2. The fourth-order valence-electron chi connectivity index (χ4n) is 4.64. The molecule has 0 radical (unpaired) electrons. The van der Waals surface area contributed by atoms with Crippen LogP contribution in [0, 0.1) is 5.92 Å². The highest BCUT2D eigenvalue weighted by atomic mass is 127. The zero-order chi connectivity index (χ0) is 22.9. The lowest BCUT2D eigenvalue weighted by Crippen LogP contribution is -2.45. The van der Waals surface area contributed by atoms with Gasteiger partial charge in [-0.2, -0.15) is 0 Å². The van der Waals surface area contributed by atoms with Crippen molar-refractivity contribution >= 4 is 41.8 Å². The molecule has 0 bridgehead atoms. The van der Waals surface area contributed by atoms with Crippen LogP contribution in [0.25, 0.3) is 0 Å². The molecule has 2 fully saturated rings. The van der Waals surface area contributed by atoms with Crippen LogP contribution >= 0.6 is 24.0 Å². The average Bonchev–Trinajstić information content (AvgIpc) is 3.51. The molecule has 7 nitrogen and oxygen atoms in total. The molecule has 1 saturated heterocycles. The average molecular weight is 570 g/mol. The topological polar surface area (TPSA) is 77.0 Å². The van der Waals surface area contributed by atoms with E-state index < -0.39 is 0 Å². The van der Waals surface area contributed by atoms with Crippen molar-refractivity contribution in [2.45, 2.75) is 65.5 Å². The number of guanidine groups is 1. The minimum Gasteiger partial charge on any atom is -0.357 e. The van der Waals surface area contributed by atoms with Gasteiger partial charge < -0.3 is 20.4 Å². The molecule has 0 aromatic heterocycles. The van der Waals surface area contributed by atoms with Gasteiger partial charge in [0.15, 0.2) is 5.96 Å². The molecule has 184 valence electrons. The maximum Gasteiger partial charge on any atom is 0.253 e. The van der Waals surface area contributed by atoms with Crippen LogP contribution in [-0.4, -0.2) is 66.3 Å². The van der Waals surface area contributed by atoms with Crippen molar-refractivity contribution in [3.05, 3.63) is 35.4 Å². The summed E-state index contributed by atoms with van der Waals surface area (Å²) in [5, 5.41) is 6.82. The molecule has 0 spiro atoms. The SMILES string of the molecule is CCNC(=NCc1ccc(C(=O)N(CC)CC)cc1)NC1CCN(C(=O)C2CCCC2)C1.I. The number of halogens is 1. The Morgan fingerprint density at radius 1 is 1.06 bits per heavy atom. The first kappa shape index (κ1) is 27.4. The summed E-state index contributed by atoms with van der Waals surface area (Å²) in [6.45, 7) is 10.4. The number of rotatable bonds is 8. The van der Waals surface area contributed by atoms with Crippen LogP contribution in [0.15, 0.2) is 29.3 Å². The molecule has 1 aliphatic heterocycles. The number of aliphatic imine (C=N–C) groups is 1. The third kappa shape index (κ3) is 7.58. The molecular weight excluding hydrogens is 529 g/mol. The Hall–Kier alpha value is -1.84. The molecule has 2 N–H and O–H groups in total. The van der Waals surface area contributed by atoms with Gasteiger partial charge in [-0.3, -0.25) is 9.59 Å². The predicted molar refractivity (Wildman–Crippen MR) is 144 cm³/mol. The first-order chi connectivity index (χ1) is 15.5. The number of nitrogens with zero attached hydrogens (tertiary/aromatic N) is 3. The summed E-state index contributed by atoms with van der Waals surface area (Å²) < 4.78 is 0. The van der Waals surface area contributed by atoms with Crippen LogP contribution in [-0.2, 0) is 11.3 Å². The lowest BCUT2D eigenvalue weighted by molar-refractivity contribution is -0.134. The molecular formula is C25H40IN5O2. The number of hydrogen-bond donors (Lipinski definition) is 2. The summed E-state index contributed by atoms with van der Waals surface area (Å²) in [5.41, 5.74) is 1.77. The highest BCUT2D eigenvalue weighted by molar-refractivity contribution is 14.0.